The predicted octanol–water partition coefficient (Wildman–Crippen LogP) is 2.97. The van der Waals surface area contributed by atoms with Gasteiger partial charge in [0.2, 0.25) is 0 Å². The Morgan fingerprint density at radius 1 is 1.24 bits per heavy atom. The molecule has 1 fully saturated rings. The zero-order valence-corrected chi connectivity index (χ0v) is 12.9. The quantitative estimate of drug-likeness (QED) is 0.875. The summed E-state index contributed by atoms with van der Waals surface area (Å²) < 4.78 is 0. The van der Waals surface area contributed by atoms with Crippen molar-refractivity contribution in [3.05, 3.63) is 29.8 Å². The summed E-state index contributed by atoms with van der Waals surface area (Å²) in [5.74, 6) is -0.736. The van der Waals surface area contributed by atoms with Gasteiger partial charge in [0.25, 0.3) is 0 Å². The maximum atomic E-state index is 10.6. The molecule has 1 N–H and O–H groups in total. The molecule has 0 atom stereocenters. The summed E-state index contributed by atoms with van der Waals surface area (Å²) in [4.78, 5) is 15.2. The maximum Gasteiger partial charge on any atom is 0.304 e. The van der Waals surface area contributed by atoms with E-state index in [2.05, 4.69) is 34.1 Å². The average molecular weight is 290 g/mol. The summed E-state index contributed by atoms with van der Waals surface area (Å²) >= 11 is 0. The Balaban J connectivity index is 1.94. The standard InChI is InChI=1S/C17H26N2O2/c1-18(12-9-17(20)21)14-15-7-6-8-16(13-15)19-10-4-2-3-5-11-19/h6-8,13H,2-5,9-12,14H2,1H3,(H,20,21). The molecular weight excluding hydrogens is 264 g/mol. The van der Waals surface area contributed by atoms with Crippen molar-refractivity contribution >= 4 is 11.7 Å². The SMILES string of the molecule is CN(CCC(=O)O)Cc1cccc(N2CCCCCC2)c1. The molecule has 1 aliphatic heterocycles. The lowest BCUT2D eigenvalue weighted by Gasteiger charge is -2.24. The van der Waals surface area contributed by atoms with Crippen LogP contribution in [0, 0.1) is 0 Å². The van der Waals surface area contributed by atoms with Crippen molar-refractivity contribution in [2.75, 3.05) is 31.6 Å². The summed E-state index contributed by atoms with van der Waals surface area (Å²) in [6, 6.07) is 8.67. The van der Waals surface area contributed by atoms with Gasteiger partial charge in [-0.2, -0.15) is 0 Å². The highest BCUT2D eigenvalue weighted by Crippen LogP contribution is 2.21. The Bertz CT molecular complexity index is 454. The zero-order valence-electron chi connectivity index (χ0n) is 12.9. The van der Waals surface area contributed by atoms with Crippen LogP contribution in [0.3, 0.4) is 0 Å². The molecule has 1 heterocycles. The number of carbonyl (C=O) groups is 1. The van der Waals surface area contributed by atoms with Crippen LogP contribution >= 0.6 is 0 Å². The predicted molar refractivity (Wildman–Crippen MR) is 85.7 cm³/mol. The number of aliphatic carboxylic acids is 1. The fourth-order valence-corrected chi connectivity index (χ4v) is 2.86. The second-order valence-corrected chi connectivity index (χ2v) is 5.95. The first-order valence-corrected chi connectivity index (χ1v) is 7.89. The van der Waals surface area contributed by atoms with Gasteiger partial charge >= 0.3 is 5.97 Å². The van der Waals surface area contributed by atoms with Crippen LogP contribution in [0.5, 0.6) is 0 Å². The van der Waals surface area contributed by atoms with Crippen molar-refractivity contribution in [1.29, 1.82) is 0 Å². The van der Waals surface area contributed by atoms with Gasteiger partial charge in [0, 0.05) is 31.9 Å². The molecule has 0 saturated carbocycles. The molecule has 1 saturated heterocycles. The number of rotatable bonds is 6. The Morgan fingerprint density at radius 2 is 1.95 bits per heavy atom. The van der Waals surface area contributed by atoms with Gasteiger partial charge in [0.05, 0.1) is 6.42 Å². The molecule has 116 valence electrons. The minimum Gasteiger partial charge on any atom is -0.481 e. The highest BCUT2D eigenvalue weighted by atomic mass is 16.4. The van der Waals surface area contributed by atoms with E-state index < -0.39 is 5.97 Å². The molecule has 0 spiro atoms. The molecular formula is C17H26N2O2. The van der Waals surface area contributed by atoms with Crippen LogP contribution in [0.1, 0.15) is 37.7 Å². The molecule has 0 aromatic heterocycles. The van der Waals surface area contributed by atoms with Crippen molar-refractivity contribution in [3.63, 3.8) is 0 Å². The van der Waals surface area contributed by atoms with Gasteiger partial charge in [-0.15, -0.1) is 0 Å². The summed E-state index contributed by atoms with van der Waals surface area (Å²) in [5, 5.41) is 8.74. The number of benzene rings is 1. The summed E-state index contributed by atoms with van der Waals surface area (Å²) in [7, 11) is 1.97. The molecule has 1 aromatic carbocycles. The van der Waals surface area contributed by atoms with Crippen LogP contribution in [0.15, 0.2) is 24.3 Å². The van der Waals surface area contributed by atoms with Crippen LogP contribution in [0.25, 0.3) is 0 Å². The molecule has 0 bridgehead atoms. The lowest BCUT2D eigenvalue weighted by atomic mass is 10.1. The smallest absolute Gasteiger partial charge is 0.304 e. The van der Waals surface area contributed by atoms with E-state index in [1.54, 1.807) is 0 Å². The van der Waals surface area contributed by atoms with Gasteiger partial charge in [-0.25, -0.2) is 0 Å². The number of carboxylic acids is 1. The van der Waals surface area contributed by atoms with Crippen LogP contribution in [0.2, 0.25) is 0 Å². The molecule has 4 nitrogen and oxygen atoms in total. The van der Waals surface area contributed by atoms with E-state index in [9.17, 15) is 4.79 Å². The highest BCUT2D eigenvalue weighted by Gasteiger charge is 2.11. The Hall–Kier alpha value is -1.55. The normalized spacial score (nSPS) is 16.0. The molecule has 21 heavy (non-hydrogen) atoms. The van der Waals surface area contributed by atoms with E-state index in [-0.39, 0.29) is 6.42 Å². The minimum absolute atomic E-state index is 0.197. The minimum atomic E-state index is -0.736. The van der Waals surface area contributed by atoms with Crippen LogP contribution in [-0.2, 0) is 11.3 Å². The number of hydrogen-bond acceptors (Lipinski definition) is 3. The van der Waals surface area contributed by atoms with Crippen molar-refractivity contribution < 1.29 is 9.90 Å². The van der Waals surface area contributed by atoms with Gasteiger partial charge in [-0.05, 0) is 37.6 Å². The fraction of sp³-hybridized carbons (Fsp3) is 0.588. The first-order chi connectivity index (χ1) is 10.1. The Labute approximate surface area is 127 Å². The molecule has 0 radical (unpaired) electrons. The molecule has 0 aliphatic carbocycles. The summed E-state index contributed by atoms with van der Waals surface area (Å²) in [6.45, 7) is 3.69. The number of anilines is 1. The first kappa shape index (κ1) is 15.8. The van der Waals surface area contributed by atoms with E-state index in [4.69, 9.17) is 5.11 Å². The van der Waals surface area contributed by atoms with Gasteiger partial charge in [0.15, 0.2) is 0 Å². The van der Waals surface area contributed by atoms with Crippen LogP contribution in [0.4, 0.5) is 5.69 Å². The Morgan fingerprint density at radius 3 is 2.62 bits per heavy atom. The molecule has 0 amide bonds. The fourth-order valence-electron chi connectivity index (χ4n) is 2.86. The summed E-state index contributed by atoms with van der Waals surface area (Å²) in [6.07, 6.45) is 5.44. The molecule has 1 aromatic rings. The lowest BCUT2D eigenvalue weighted by Crippen LogP contribution is -2.24. The molecule has 4 heteroatoms. The van der Waals surface area contributed by atoms with E-state index in [0.717, 1.165) is 19.6 Å². The van der Waals surface area contributed by atoms with Crippen molar-refractivity contribution in [2.24, 2.45) is 0 Å². The molecule has 0 unspecified atom stereocenters. The van der Waals surface area contributed by atoms with E-state index in [1.165, 1.54) is 36.9 Å². The largest absolute Gasteiger partial charge is 0.481 e. The Kier molecular flexibility index (Phi) is 6.05. The number of hydrogen-bond donors (Lipinski definition) is 1. The number of nitrogens with zero attached hydrogens (tertiary/aromatic N) is 2. The van der Waals surface area contributed by atoms with E-state index in [0.29, 0.717) is 6.54 Å². The average Bonchev–Trinajstić information content (AvgIpc) is 2.74. The molecule has 1 aliphatic rings. The topological polar surface area (TPSA) is 43.8 Å². The third-order valence-electron chi connectivity index (χ3n) is 4.04. The number of carboxylic acid groups (broad SMARTS) is 1. The second-order valence-electron chi connectivity index (χ2n) is 5.95. The molecule has 2 rings (SSSR count). The van der Waals surface area contributed by atoms with Crippen LogP contribution in [-0.4, -0.2) is 42.7 Å². The maximum absolute atomic E-state index is 10.6. The zero-order chi connectivity index (χ0) is 15.1. The highest BCUT2D eigenvalue weighted by molar-refractivity contribution is 5.66. The second kappa shape index (κ2) is 8.03. The van der Waals surface area contributed by atoms with E-state index >= 15 is 0 Å². The lowest BCUT2D eigenvalue weighted by molar-refractivity contribution is -0.137. The third-order valence-corrected chi connectivity index (χ3v) is 4.04. The van der Waals surface area contributed by atoms with Crippen molar-refractivity contribution in [1.82, 2.24) is 4.90 Å². The van der Waals surface area contributed by atoms with Crippen molar-refractivity contribution in [3.8, 4) is 0 Å². The van der Waals surface area contributed by atoms with Crippen molar-refractivity contribution in [2.45, 2.75) is 38.6 Å². The third kappa shape index (κ3) is 5.38. The van der Waals surface area contributed by atoms with Gasteiger partial charge in [0.1, 0.15) is 0 Å². The van der Waals surface area contributed by atoms with Crippen LogP contribution < -0.4 is 4.90 Å². The summed E-state index contributed by atoms with van der Waals surface area (Å²) in [5.41, 5.74) is 2.56. The van der Waals surface area contributed by atoms with Gasteiger partial charge in [-0.1, -0.05) is 25.0 Å². The van der Waals surface area contributed by atoms with E-state index in [1.807, 2.05) is 7.05 Å². The van der Waals surface area contributed by atoms with Gasteiger partial charge in [-0.3, -0.25) is 4.79 Å². The monoisotopic (exact) mass is 290 g/mol. The first-order valence-electron chi connectivity index (χ1n) is 7.89. The van der Waals surface area contributed by atoms with Gasteiger partial charge < -0.3 is 14.9 Å².